The van der Waals surface area contributed by atoms with Crippen molar-refractivity contribution in [3.8, 4) is 28.4 Å². The number of ether oxygens (including phenoxy) is 1. The number of hydrogen-bond donors (Lipinski definition) is 2. The fourth-order valence-corrected chi connectivity index (χ4v) is 2.81. The number of pyridine rings is 1. The summed E-state index contributed by atoms with van der Waals surface area (Å²) in [4.78, 5) is 16.7. The SMILES string of the molecule is CCOc1ccc(-c2ccc(NC(=O)C3(C)CC3)cc2-c2nnn[nH]2)cn1. The molecule has 138 valence electrons. The van der Waals surface area contributed by atoms with Crippen molar-refractivity contribution >= 4 is 11.6 Å². The van der Waals surface area contributed by atoms with Gasteiger partial charge in [-0.1, -0.05) is 13.0 Å². The molecule has 0 unspecified atom stereocenters. The Morgan fingerprint density at radius 3 is 2.74 bits per heavy atom. The van der Waals surface area contributed by atoms with Gasteiger partial charge >= 0.3 is 0 Å². The number of tetrazole rings is 1. The minimum atomic E-state index is -0.244. The number of anilines is 1. The molecule has 3 aromatic rings. The van der Waals surface area contributed by atoms with Gasteiger partial charge in [-0.2, -0.15) is 0 Å². The smallest absolute Gasteiger partial charge is 0.230 e. The maximum atomic E-state index is 12.4. The Kier molecular flexibility index (Phi) is 4.31. The molecule has 2 N–H and O–H groups in total. The van der Waals surface area contributed by atoms with Gasteiger partial charge in [0, 0.05) is 34.5 Å². The summed E-state index contributed by atoms with van der Waals surface area (Å²) in [5, 5.41) is 17.1. The van der Waals surface area contributed by atoms with E-state index in [0.717, 1.165) is 29.5 Å². The second-order valence-corrected chi connectivity index (χ2v) is 6.84. The van der Waals surface area contributed by atoms with Crippen molar-refractivity contribution in [1.29, 1.82) is 0 Å². The van der Waals surface area contributed by atoms with Crippen LogP contribution in [-0.4, -0.2) is 38.1 Å². The van der Waals surface area contributed by atoms with E-state index >= 15 is 0 Å². The topological polar surface area (TPSA) is 106 Å². The Morgan fingerprint density at radius 2 is 2.11 bits per heavy atom. The zero-order valence-corrected chi connectivity index (χ0v) is 15.2. The van der Waals surface area contributed by atoms with Gasteiger partial charge in [0.05, 0.1) is 6.61 Å². The molecule has 27 heavy (non-hydrogen) atoms. The number of aromatic amines is 1. The molecule has 1 aliphatic rings. The molecule has 1 fully saturated rings. The minimum Gasteiger partial charge on any atom is -0.478 e. The van der Waals surface area contributed by atoms with Gasteiger partial charge in [-0.15, -0.1) is 5.10 Å². The minimum absolute atomic E-state index is 0.0413. The summed E-state index contributed by atoms with van der Waals surface area (Å²) in [6, 6.07) is 9.44. The number of aromatic nitrogens is 5. The Labute approximate surface area is 156 Å². The molecule has 8 heteroatoms. The molecule has 0 bridgehead atoms. The molecule has 1 amide bonds. The van der Waals surface area contributed by atoms with E-state index in [0.29, 0.717) is 24.0 Å². The van der Waals surface area contributed by atoms with Crippen molar-refractivity contribution in [3.63, 3.8) is 0 Å². The maximum Gasteiger partial charge on any atom is 0.230 e. The highest BCUT2D eigenvalue weighted by molar-refractivity contribution is 5.98. The monoisotopic (exact) mass is 364 g/mol. The van der Waals surface area contributed by atoms with Crippen LogP contribution < -0.4 is 10.1 Å². The molecule has 0 spiro atoms. The van der Waals surface area contributed by atoms with Crippen LogP contribution in [0.5, 0.6) is 5.88 Å². The molecule has 1 aromatic carbocycles. The van der Waals surface area contributed by atoms with Gasteiger partial charge in [-0.3, -0.25) is 4.79 Å². The number of rotatable bonds is 6. The summed E-state index contributed by atoms with van der Waals surface area (Å²) in [5.41, 5.74) is 3.05. The molecule has 1 saturated carbocycles. The van der Waals surface area contributed by atoms with Gasteiger partial charge in [0.25, 0.3) is 0 Å². The molecule has 0 saturated heterocycles. The van der Waals surface area contributed by atoms with Crippen molar-refractivity contribution in [2.45, 2.75) is 26.7 Å². The highest BCUT2D eigenvalue weighted by Crippen LogP contribution is 2.46. The Bertz CT molecular complexity index is 949. The largest absolute Gasteiger partial charge is 0.478 e. The Balaban J connectivity index is 1.69. The standard InChI is InChI=1S/C19H20N6O2/c1-3-27-16-7-4-12(11-20-16)14-6-5-13(21-18(26)19(2)8-9-19)10-15(14)17-22-24-25-23-17/h4-7,10-11H,3,8-9H2,1-2H3,(H,21,26)(H,22,23,24,25). The fraction of sp³-hybridized carbons (Fsp3) is 0.316. The number of carbonyl (C=O) groups excluding carboxylic acids is 1. The van der Waals surface area contributed by atoms with Crippen LogP contribution in [0.4, 0.5) is 5.69 Å². The van der Waals surface area contributed by atoms with E-state index in [2.05, 4.69) is 30.9 Å². The molecule has 2 heterocycles. The lowest BCUT2D eigenvalue weighted by Gasteiger charge is -2.13. The average Bonchev–Trinajstić information content (AvgIpc) is 3.20. The third-order valence-corrected chi connectivity index (χ3v) is 4.77. The van der Waals surface area contributed by atoms with Crippen molar-refractivity contribution in [2.75, 3.05) is 11.9 Å². The highest BCUT2D eigenvalue weighted by atomic mass is 16.5. The van der Waals surface area contributed by atoms with Crippen LogP contribution in [0.2, 0.25) is 0 Å². The molecule has 0 aliphatic heterocycles. The van der Waals surface area contributed by atoms with Gasteiger partial charge in [0.2, 0.25) is 11.8 Å². The van der Waals surface area contributed by atoms with Crippen molar-refractivity contribution in [3.05, 3.63) is 36.5 Å². The first-order valence-corrected chi connectivity index (χ1v) is 8.88. The number of benzene rings is 1. The van der Waals surface area contributed by atoms with Crippen LogP contribution in [0.25, 0.3) is 22.5 Å². The van der Waals surface area contributed by atoms with Crippen LogP contribution in [0, 0.1) is 5.41 Å². The molecular formula is C19H20N6O2. The molecular weight excluding hydrogens is 344 g/mol. The lowest BCUT2D eigenvalue weighted by atomic mass is 9.99. The van der Waals surface area contributed by atoms with Crippen molar-refractivity contribution < 1.29 is 9.53 Å². The molecule has 4 rings (SSSR count). The predicted octanol–water partition coefficient (Wildman–Crippen LogP) is 3.07. The first kappa shape index (κ1) is 17.1. The quantitative estimate of drug-likeness (QED) is 0.696. The highest BCUT2D eigenvalue weighted by Gasteiger charge is 2.44. The first-order chi connectivity index (χ1) is 13.1. The van der Waals surface area contributed by atoms with Crippen LogP contribution in [0.15, 0.2) is 36.5 Å². The van der Waals surface area contributed by atoms with E-state index in [4.69, 9.17) is 4.74 Å². The second-order valence-electron chi connectivity index (χ2n) is 6.84. The second kappa shape index (κ2) is 6.79. The van der Waals surface area contributed by atoms with Crippen molar-refractivity contribution in [2.24, 2.45) is 5.41 Å². The number of hydrogen-bond acceptors (Lipinski definition) is 6. The third-order valence-electron chi connectivity index (χ3n) is 4.77. The fourth-order valence-electron chi connectivity index (χ4n) is 2.81. The number of nitrogens with zero attached hydrogens (tertiary/aromatic N) is 4. The van der Waals surface area contributed by atoms with E-state index in [1.54, 1.807) is 6.20 Å². The zero-order valence-electron chi connectivity index (χ0n) is 15.2. The van der Waals surface area contributed by atoms with Gasteiger partial charge in [0.1, 0.15) is 0 Å². The lowest BCUT2D eigenvalue weighted by Crippen LogP contribution is -2.21. The molecule has 2 aromatic heterocycles. The van der Waals surface area contributed by atoms with E-state index in [9.17, 15) is 4.79 Å². The first-order valence-electron chi connectivity index (χ1n) is 8.88. The number of nitrogens with one attached hydrogen (secondary N) is 2. The van der Waals surface area contributed by atoms with E-state index in [1.807, 2.05) is 44.2 Å². The number of carbonyl (C=O) groups is 1. The Hall–Kier alpha value is -3.29. The maximum absolute atomic E-state index is 12.4. The van der Waals surface area contributed by atoms with Crippen LogP contribution in [0.1, 0.15) is 26.7 Å². The van der Waals surface area contributed by atoms with Gasteiger partial charge in [0.15, 0.2) is 5.82 Å². The summed E-state index contributed by atoms with van der Waals surface area (Å²) < 4.78 is 5.40. The molecule has 0 radical (unpaired) electrons. The molecule has 1 aliphatic carbocycles. The van der Waals surface area contributed by atoms with E-state index in [-0.39, 0.29) is 11.3 Å². The number of H-pyrrole nitrogens is 1. The summed E-state index contributed by atoms with van der Waals surface area (Å²) in [6.45, 7) is 4.46. The van der Waals surface area contributed by atoms with E-state index < -0.39 is 0 Å². The summed E-state index contributed by atoms with van der Waals surface area (Å²) >= 11 is 0. The normalized spacial score (nSPS) is 14.6. The zero-order chi connectivity index (χ0) is 18.9. The lowest BCUT2D eigenvalue weighted by molar-refractivity contribution is -0.120. The van der Waals surface area contributed by atoms with Crippen molar-refractivity contribution in [1.82, 2.24) is 25.6 Å². The van der Waals surface area contributed by atoms with Crippen LogP contribution >= 0.6 is 0 Å². The number of amides is 1. The Morgan fingerprint density at radius 1 is 1.26 bits per heavy atom. The summed E-state index contributed by atoms with van der Waals surface area (Å²) in [6.07, 6.45) is 3.60. The van der Waals surface area contributed by atoms with Gasteiger partial charge in [-0.05, 0) is 54.0 Å². The van der Waals surface area contributed by atoms with Crippen LogP contribution in [0.3, 0.4) is 0 Å². The van der Waals surface area contributed by atoms with Gasteiger partial charge in [-0.25, -0.2) is 10.1 Å². The van der Waals surface area contributed by atoms with E-state index in [1.165, 1.54) is 0 Å². The average molecular weight is 364 g/mol. The third kappa shape index (κ3) is 3.51. The predicted molar refractivity (Wildman–Crippen MR) is 100.0 cm³/mol. The molecule has 8 nitrogen and oxygen atoms in total. The van der Waals surface area contributed by atoms with Crippen LogP contribution in [-0.2, 0) is 4.79 Å². The summed E-state index contributed by atoms with van der Waals surface area (Å²) in [5.74, 6) is 1.14. The van der Waals surface area contributed by atoms with Gasteiger partial charge < -0.3 is 10.1 Å². The molecule has 0 atom stereocenters. The summed E-state index contributed by atoms with van der Waals surface area (Å²) in [7, 11) is 0.